The van der Waals surface area contributed by atoms with Crippen LogP contribution in [0.4, 0.5) is 0 Å². The molecular formula is C33H68N+. The van der Waals surface area contributed by atoms with E-state index >= 15 is 0 Å². The fraction of sp³-hybridized carbons (Fsp3) is 1.00. The van der Waals surface area contributed by atoms with Crippen LogP contribution in [0.15, 0.2) is 0 Å². The summed E-state index contributed by atoms with van der Waals surface area (Å²) in [5.74, 6) is 1.79. The first-order chi connectivity index (χ1) is 16.5. The molecule has 1 saturated heterocycles. The Labute approximate surface area is 217 Å². The number of rotatable bonds is 25. The minimum atomic E-state index is 0.892. The molecule has 0 spiro atoms. The van der Waals surface area contributed by atoms with Crippen LogP contribution in [-0.2, 0) is 0 Å². The molecule has 1 aliphatic rings. The van der Waals surface area contributed by atoms with Crippen molar-refractivity contribution in [3.63, 3.8) is 0 Å². The highest BCUT2D eigenvalue weighted by molar-refractivity contribution is 4.58. The monoisotopic (exact) mass is 479 g/mol. The number of unbranched alkanes of at least 4 members (excludes halogenated alkanes) is 17. The number of hydrogen-bond acceptors (Lipinski definition) is 0. The Bertz CT molecular complexity index is 407. The lowest BCUT2D eigenvalue weighted by molar-refractivity contribution is -0.917. The summed E-state index contributed by atoms with van der Waals surface area (Å²) in [4.78, 5) is 0. The van der Waals surface area contributed by atoms with Gasteiger partial charge in [-0.3, -0.25) is 0 Å². The van der Waals surface area contributed by atoms with Crippen LogP contribution in [0.1, 0.15) is 175 Å². The lowest BCUT2D eigenvalue weighted by Crippen LogP contribution is -2.46. The highest BCUT2D eigenvalue weighted by atomic mass is 15.4. The van der Waals surface area contributed by atoms with Crippen LogP contribution in [0.25, 0.3) is 0 Å². The number of hydrogen-bond donors (Lipinski definition) is 0. The molecule has 34 heavy (non-hydrogen) atoms. The molecule has 1 heteroatoms. The fourth-order valence-electron chi connectivity index (χ4n) is 6.22. The second kappa shape index (κ2) is 22.2. The van der Waals surface area contributed by atoms with Crippen LogP contribution < -0.4 is 0 Å². The molecule has 0 radical (unpaired) electrons. The molecule has 0 aromatic heterocycles. The number of likely N-dealkylation sites (tertiary alicyclic amines) is 1. The molecule has 0 aliphatic carbocycles. The van der Waals surface area contributed by atoms with E-state index in [1.54, 1.807) is 0 Å². The molecule has 0 unspecified atom stereocenters. The molecule has 1 aliphatic heterocycles. The van der Waals surface area contributed by atoms with Gasteiger partial charge >= 0.3 is 0 Å². The minimum absolute atomic E-state index is 0.892. The zero-order valence-corrected chi connectivity index (χ0v) is 24.7. The first-order valence-electron chi connectivity index (χ1n) is 16.4. The predicted molar refractivity (Wildman–Crippen MR) is 156 cm³/mol. The lowest BCUT2D eigenvalue weighted by atomic mass is 10.0. The van der Waals surface area contributed by atoms with Gasteiger partial charge in [0.05, 0.1) is 26.2 Å². The summed E-state index contributed by atoms with van der Waals surface area (Å²) >= 11 is 0. The molecule has 1 rings (SSSR count). The third kappa shape index (κ3) is 19.2. The molecule has 0 amide bonds. The van der Waals surface area contributed by atoms with Crippen molar-refractivity contribution in [2.45, 2.75) is 175 Å². The molecule has 0 aromatic rings. The summed E-state index contributed by atoms with van der Waals surface area (Å²) in [5, 5.41) is 0. The number of quaternary nitrogens is 1. The van der Waals surface area contributed by atoms with Crippen molar-refractivity contribution in [3.05, 3.63) is 0 Å². The van der Waals surface area contributed by atoms with Crippen molar-refractivity contribution < 1.29 is 4.48 Å². The topological polar surface area (TPSA) is 0 Å². The van der Waals surface area contributed by atoms with Gasteiger partial charge in [0, 0.05) is 12.8 Å². The molecule has 204 valence electrons. The van der Waals surface area contributed by atoms with Crippen molar-refractivity contribution in [2.75, 3.05) is 26.2 Å². The Hall–Kier alpha value is -0.0400. The molecule has 1 heterocycles. The maximum atomic E-state index is 2.36. The average Bonchev–Trinajstić information content (AvgIpc) is 3.26. The van der Waals surface area contributed by atoms with E-state index in [1.807, 2.05) is 0 Å². The van der Waals surface area contributed by atoms with Crippen LogP contribution in [0.2, 0.25) is 0 Å². The Morgan fingerprint density at radius 1 is 0.382 bits per heavy atom. The molecule has 0 aromatic carbocycles. The van der Waals surface area contributed by atoms with E-state index < -0.39 is 0 Å². The van der Waals surface area contributed by atoms with Crippen LogP contribution in [-0.4, -0.2) is 30.7 Å². The molecule has 1 nitrogen and oxygen atoms in total. The van der Waals surface area contributed by atoms with E-state index in [0.29, 0.717) is 0 Å². The van der Waals surface area contributed by atoms with Gasteiger partial charge in [0.1, 0.15) is 0 Å². The van der Waals surface area contributed by atoms with Crippen molar-refractivity contribution in [1.29, 1.82) is 0 Å². The largest absolute Gasteiger partial charge is 0.324 e. The Kier molecular flexibility index (Phi) is 20.9. The fourth-order valence-corrected chi connectivity index (χ4v) is 6.22. The molecule has 1 fully saturated rings. The lowest BCUT2D eigenvalue weighted by Gasteiger charge is -2.34. The van der Waals surface area contributed by atoms with Crippen molar-refractivity contribution in [2.24, 2.45) is 11.8 Å². The van der Waals surface area contributed by atoms with E-state index in [1.165, 1.54) is 178 Å². The highest BCUT2D eigenvalue weighted by Crippen LogP contribution is 2.23. The molecule has 0 bridgehead atoms. The summed E-state index contributed by atoms with van der Waals surface area (Å²) in [6.45, 7) is 15.4. The first-order valence-corrected chi connectivity index (χ1v) is 16.4. The van der Waals surface area contributed by atoms with Crippen molar-refractivity contribution in [3.8, 4) is 0 Å². The van der Waals surface area contributed by atoms with Gasteiger partial charge in [0.2, 0.25) is 0 Å². The van der Waals surface area contributed by atoms with Crippen LogP contribution in [0.3, 0.4) is 0 Å². The maximum absolute atomic E-state index is 2.36. The first kappa shape index (κ1) is 32.0. The summed E-state index contributed by atoms with van der Waals surface area (Å²) in [6.07, 6.45) is 34.0. The van der Waals surface area contributed by atoms with Gasteiger partial charge in [-0.05, 0) is 37.5 Å². The van der Waals surface area contributed by atoms with Gasteiger partial charge in [0.15, 0.2) is 0 Å². The molecule has 0 N–H and O–H groups in total. The summed E-state index contributed by atoms with van der Waals surface area (Å²) in [7, 11) is 0. The van der Waals surface area contributed by atoms with Crippen LogP contribution >= 0.6 is 0 Å². The summed E-state index contributed by atoms with van der Waals surface area (Å²) in [5.41, 5.74) is 0. The SMILES string of the molecule is CC(C)CCCCCCCCCCCCCCC[N+]1(CCCCCCCCC(C)C)CCCC1. The smallest absolute Gasteiger partial charge is 0.0788 e. The van der Waals surface area contributed by atoms with Crippen molar-refractivity contribution in [1.82, 2.24) is 0 Å². The van der Waals surface area contributed by atoms with Crippen LogP contribution in [0.5, 0.6) is 0 Å². The Balaban J connectivity index is 1.89. The zero-order valence-electron chi connectivity index (χ0n) is 24.7. The second-order valence-electron chi connectivity index (χ2n) is 13.0. The van der Waals surface area contributed by atoms with Crippen LogP contribution in [0, 0.1) is 11.8 Å². The Morgan fingerprint density at radius 2 is 0.647 bits per heavy atom. The van der Waals surface area contributed by atoms with Gasteiger partial charge < -0.3 is 4.48 Å². The minimum Gasteiger partial charge on any atom is -0.324 e. The van der Waals surface area contributed by atoms with E-state index in [9.17, 15) is 0 Å². The third-order valence-electron chi connectivity index (χ3n) is 8.59. The predicted octanol–water partition coefficient (Wildman–Crippen LogP) is 11.1. The summed E-state index contributed by atoms with van der Waals surface area (Å²) < 4.78 is 1.49. The van der Waals surface area contributed by atoms with Gasteiger partial charge in [0.25, 0.3) is 0 Å². The normalized spacial score (nSPS) is 15.7. The Morgan fingerprint density at radius 3 is 0.941 bits per heavy atom. The second-order valence-corrected chi connectivity index (χ2v) is 13.0. The molecular weight excluding hydrogens is 410 g/mol. The highest BCUT2D eigenvalue weighted by Gasteiger charge is 2.30. The maximum Gasteiger partial charge on any atom is 0.0788 e. The van der Waals surface area contributed by atoms with E-state index in [0.717, 1.165) is 11.8 Å². The van der Waals surface area contributed by atoms with Crippen molar-refractivity contribution >= 4 is 0 Å². The van der Waals surface area contributed by atoms with Gasteiger partial charge in [-0.1, -0.05) is 137 Å². The number of nitrogens with zero attached hydrogens (tertiary/aromatic N) is 1. The van der Waals surface area contributed by atoms with Gasteiger partial charge in [-0.2, -0.15) is 0 Å². The van der Waals surface area contributed by atoms with E-state index in [-0.39, 0.29) is 0 Å². The van der Waals surface area contributed by atoms with E-state index in [4.69, 9.17) is 0 Å². The molecule has 0 saturated carbocycles. The summed E-state index contributed by atoms with van der Waals surface area (Å²) in [6, 6.07) is 0. The van der Waals surface area contributed by atoms with E-state index in [2.05, 4.69) is 27.7 Å². The zero-order chi connectivity index (χ0) is 24.7. The average molecular weight is 479 g/mol. The quantitative estimate of drug-likeness (QED) is 0.0903. The van der Waals surface area contributed by atoms with Gasteiger partial charge in [-0.25, -0.2) is 0 Å². The third-order valence-corrected chi connectivity index (χ3v) is 8.59. The standard InChI is InChI=1S/C33H68N/c1-32(2)26-20-16-12-10-8-6-5-7-9-11-14-18-22-28-34(30-24-25-31-34)29-23-19-15-13-17-21-27-33(3)4/h32-33H,5-31H2,1-4H3/q+1. The van der Waals surface area contributed by atoms with Gasteiger partial charge in [-0.15, -0.1) is 0 Å². The molecule has 0 atom stereocenters.